The second-order valence-corrected chi connectivity index (χ2v) is 8.90. The molecule has 0 spiro atoms. The second kappa shape index (κ2) is 24.1. The number of hydrogen-bond donors (Lipinski definition) is 2. The summed E-state index contributed by atoms with van der Waals surface area (Å²) in [5.74, 6) is 0. The monoisotopic (exact) mass is 370 g/mol. The third-order valence-corrected chi connectivity index (χ3v) is 5.99. The predicted molar refractivity (Wildman–Crippen MR) is 120 cm³/mol. The highest BCUT2D eigenvalue weighted by atomic mass is 28.1. The molecule has 0 radical (unpaired) electrons. The summed E-state index contributed by atoms with van der Waals surface area (Å²) in [6, 6.07) is 1.51. The van der Waals surface area contributed by atoms with Gasteiger partial charge in [-0.05, 0) is 13.0 Å². The molecule has 0 fully saturated rings. The third kappa shape index (κ3) is 24.1. The Morgan fingerprint density at radius 1 is 0.440 bits per heavy atom. The first-order valence-corrected chi connectivity index (χ1v) is 13.2. The lowest BCUT2D eigenvalue weighted by molar-refractivity contribution is 0.522. The molecule has 25 heavy (non-hydrogen) atoms. The predicted octanol–water partition coefficient (Wildman–Crippen LogP) is 5.34. The summed E-state index contributed by atoms with van der Waals surface area (Å²) >= 11 is 0. The molecule has 0 aliphatic rings. The van der Waals surface area contributed by atoms with Crippen LogP contribution in [-0.2, 0) is 0 Å². The maximum Gasteiger partial charge on any atom is 0.00745 e. The molecule has 0 saturated heterocycles. The largest absolute Gasteiger partial charge is 0.329 e. The summed E-state index contributed by atoms with van der Waals surface area (Å²) in [4.78, 5) is 0. The Morgan fingerprint density at radius 2 is 0.760 bits per heavy atom. The van der Waals surface area contributed by atoms with Gasteiger partial charge in [-0.15, -0.1) is 0 Å². The number of hydrogen-bond acceptors (Lipinski definition) is 2. The summed E-state index contributed by atoms with van der Waals surface area (Å²) in [6.45, 7) is 2.89. The molecule has 0 saturated carbocycles. The van der Waals surface area contributed by atoms with Crippen molar-refractivity contribution >= 4 is 10.2 Å². The van der Waals surface area contributed by atoms with E-state index in [1.54, 1.807) is 0 Å². The van der Waals surface area contributed by atoms with Crippen LogP contribution < -0.4 is 11.1 Å². The highest BCUT2D eigenvalue weighted by Gasteiger charge is 1.95. The Balaban J connectivity index is 2.94. The van der Waals surface area contributed by atoms with E-state index in [4.69, 9.17) is 5.73 Å². The second-order valence-electron chi connectivity index (χ2n) is 7.90. The van der Waals surface area contributed by atoms with E-state index in [9.17, 15) is 0 Å². The van der Waals surface area contributed by atoms with Crippen LogP contribution >= 0.6 is 0 Å². The van der Waals surface area contributed by atoms with Crippen molar-refractivity contribution in [2.75, 3.05) is 19.6 Å². The van der Waals surface area contributed by atoms with Crippen LogP contribution in [0.3, 0.4) is 0 Å². The minimum atomic E-state index is 0.764. The van der Waals surface area contributed by atoms with Gasteiger partial charge in [0.1, 0.15) is 0 Å². The molecule has 0 unspecified atom stereocenters. The average molecular weight is 371 g/mol. The van der Waals surface area contributed by atoms with E-state index in [1.807, 2.05) is 0 Å². The third-order valence-electron chi connectivity index (χ3n) is 5.28. The van der Waals surface area contributed by atoms with Gasteiger partial charge in [-0.1, -0.05) is 115 Å². The maximum absolute atomic E-state index is 5.45. The molecular formula is C22H50N2Si. The van der Waals surface area contributed by atoms with E-state index in [2.05, 4.69) is 5.32 Å². The molecule has 0 amide bonds. The van der Waals surface area contributed by atoms with Crippen LogP contribution in [0.2, 0.25) is 6.04 Å². The first-order valence-electron chi connectivity index (χ1n) is 11.8. The summed E-state index contributed by atoms with van der Waals surface area (Å²) in [5, 5.41) is 3.37. The van der Waals surface area contributed by atoms with Crippen molar-refractivity contribution in [1.82, 2.24) is 5.32 Å². The van der Waals surface area contributed by atoms with Crippen molar-refractivity contribution < 1.29 is 0 Å². The number of nitrogens with one attached hydrogen (secondary N) is 1. The van der Waals surface area contributed by atoms with Crippen LogP contribution in [0.25, 0.3) is 0 Å². The molecule has 0 rings (SSSR count). The maximum atomic E-state index is 5.45. The highest BCUT2D eigenvalue weighted by molar-refractivity contribution is 6.08. The molecule has 3 heteroatoms. The topological polar surface area (TPSA) is 38.0 Å². The van der Waals surface area contributed by atoms with Gasteiger partial charge in [-0.2, -0.15) is 0 Å². The zero-order chi connectivity index (χ0) is 18.3. The van der Waals surface area contributed by atoms with Crippen LogP contribution in [0.4, 0.5) is 0 Å². The molecule has 3 N–H and O–H groups in total. The van der Waals surface area contributed by atoms with Crippen LogP contribution in [0.5, 0.6) is 0 Å². The van der Waals surface area contributed by atoms with E-state index in [-0.39, 0.29) is 0 Å². The molecule has 0 bridgehead atoms. The summed E-state index contributed by atoms with van der Waals surface area (Å²) < 4.78 is 0. The Kier molecular flexibility index (Phi) is 24.3. The van der Waals surface area contributed by atoms with Gasteiger partial charge in [0, 0.05) is 23.3 Å². The van der Waals surface area contributed by atoms with Crippen molar-refractivity contribution in [2.24, 2.45) is 5.73 Å². The van der Waals surface area contributed by atoms with Gasteiger partial charge in [0.25, 0.3) is 0 Å². The van der Waals surface area contributed by atoms with Crippen molar-refractivity contribution in [3.8, 4) is 0 Å². The summed E-state index contributed by atoms with van der Waals surface area (Å²) in [7, 11) is 1.40. The fourth-order valence-corrected chi connectivity index (χ4v) is 4.06. The first-order chi connectivity index (χ1) is 12.4. The van der Waals surface area contributed by atoms with Gasteiger partial charge in [-0.3, -0.25) is 0 Å². The van der Waals surface area contributed by atoms with E-state index >= 15 is 0 Å². The molecule has 0 aliphatic heterocycles. The van der Waals surface area contributed by atoms with E-state index in [0.717, 1.165) is 19.6 Å². The lowest BCUT2D eigenvalue weighted by atomic mass is 10.0. The molecule has 152 valence electrons. The van der Waals surface area contributed by atoms with Crippen LogP contribution in [0.15, 0.2) is 0 Å². The highest BCUT2D eigenvalue weighted by Crippen LogP contribution is 2.14. The zero-order valence-electron chi connectivity index (χ0n) is 17.6. The van der Waals surface area contributed by atoms with Crippen molar-refractivity contribution in [2.45, 2.75) is 122 Å². The molecule has 2 nitrogen and oxygen atoms in total. The van der Waals surface area contributed by atoms with Gasteiger partial charge in [-0.25, -0.2) is 0 Å². The Hall–Kier alpha value is 0.137. The lowest BCUT2D eigenvalue weighted by Crippen LogP contribution is -2.23. The molecule has 0 aromatic heterocycles. The number of unbranched alkanes of at least 4 members (excludes halogenated alkanes) is 17. The quantitative estimate of drug-likeness (QED) is 0.199. The SMILES string of the molecule is NCCNCCCCCCCCCCCCCCCCCCCC[SiH3]. The van der Waals surface area contributed by atoms with Gasteiger partial charge in [0.2, 0.25) is 0 Å². The zero-order valence-corrected chi connectivity index (χ0v) is 19.6. The van der Waals surface area contributed by atoms with Crippen molar-refractivity contribution in [3.05, 3.63) is 0 Å². The van der Waals surface area contributed by atoms with Gasteiger partial charge >= 0.3 is 0 Å². The molecule has 0 heterocycles. The van der Waals surface area contributed by atoms with E-state index in [0.29, 0.717) is 0 Å². The number of nitrogens with two attached hydrogens (primary N) is 1. The minimum Gasteiger partial charge on any atom is -0.329 e. The summed E-state index contributed by atoms with van der Waals surface area (Å²) in [5.41, 5.74) is 5.45. The Bertz CT molecular complexity index is 202. The van der Waals surface area contributed by atoms with E-state index in [1.165, 1.54) is 132 Å². The van der Waals surface area contributed by atoms with Crippen LogP contribution in [0, 0.1) is 0 Å². The van der Waals surface area contributed by atoms with Crippen LogP contribution in [0.1, 0.15) is 116 Å². The molecule has 0 atom stereocenters. The Labute approximate surface area is 162 Å². The van der Waals surface area contributed by atoms with Crippen molar-refractivity contribution in [3.63, 3.8) is 0 Å². The van der Waals surface area contributed by atoms with Gasteiger partial charge < -0.3 is 11.1 Å². The molecular weight excluding hydrogens is 320 g/mol. The number of rotatable bonds is 22. The van der Waals surface area contributed by atoms with Crippen molar-refractivity contribution in [1.29, 1.82) is 0 Å². The lowest BCUT2D eigenvalue weighted by Gasteiger charge is -2.04. The standard InChI is InChI=1S/C22H50N2Si/c23-19-21-24-20-17-15-13-11-9-7-5-3-1-2-4-6-8-10-12-14-16-18-22-25/h24H,1-23H2,25H3. The van der Waals surface area contributed by atoms with Crippen LogP contribution in [-0.4, -0.2) is 29.9 Å². The molecule has 0 aromatic rings. The summed E-state index contributed by atoms with van der Waals surface area (Å²) in [6.07, 6.45) is 26.3. The fourth-order valence-electron chi connectivity index (χ4n) is 3.56. The first kappa shape index (κ1) is 25.1. The normalized spacial score (nSPS) is 11.4. The minimum absolute atomic E-state index is 0.764. The van der Waals surface area contributed by atoms with E-state index < -0.39 is 0 Å². The van der Waals surface area contributed by atoms with Gasteiger partial charge in [0.05, 0.1) is 0 Å². The fraction of sp³-hybridized carbons (Fsp3) is 1.00. The smallest absolute Gasteiger partial charge is 0.00745 e. The molecule has 0 aliphatic carbocycles. The van der Waals surface area contributed by atoms with Gasteiger partial charge in [0.15, 0.2) is 0 Å². The average Bonchev–Trinajstić information content (AvgIpc) is 2.63. The Morgan fingerprint density at radius 3 is 1.08 bits per heavy atom. The molecule has 0 aromatic carbocycles.